The van der Waals surface area contributed by atoms with Crippen LogP contribution in [0.25, 0.3) is 0 Å². The molecule has 20 heavy (non-hydrogen) atoms. The van der Waals surface area contributed by atoms with Crippen molar-refractivity contribution in [1.82, 2.24) is 10.2 Å². The maximum Gasteiger partial charge on any atom is 0.193 e. The van der Waals surface area contributed by atoms with E-state index in [0.29, 0.717) is 6.54 Å². The molecule has 0 aromatic rings. The second-order valence-electron chi connectivity index (χ2n) is 5.94. The molecular formula is C14H29N3O2S. The largest absolute Gasteiger partial charge is 0.355 e. The number of sulfone groups is 1. The Kier molecular flexibility index (Phi) is 6.79. The maximum absolute atomic E-state index is 11.5. The van der Waals surface area contributed by atoms with Gasteiger partial charge in [0.25, 0.3) is 0 Å². The summed E-state index contributed by atoms with van der Waals surface area (Å²) < 4.78 is 22.9. The first-order valence-corrected chi connectivity index (χ1v) is 9.36. The predicted octanol–water partition coefficient (Wildman–Crippen LogP) is 1.36. The van der Waals surface area contributed by atoms with Crippen LogP contribution >= 0.6 is 0 Å². The van der Waals surface area contributed by atoms with Crippen LogP contribution in [-0.2, 0) is 9.84 Å². The van der Waals surface area contributed by atoms with Gasteiger partial charge in [0, 0.05) is 32.4 Å². The highest BCUT2D eigenvalue weighted by Gasteiger charge is 2.25. The van der Waals surface area contributed by atoms with E-state index in [4.69, 9.17) is 0 Å². The Hall–Kier alpha value is -0.780. The summed E-state index contributed by atoms with van der Waals surface area (Å²) in [7, 11) is -1.15. The Morgan fingerprint density at radius 2 is 2.15 bits per heavy atom. The first-order valence-electron chi connectivity index (χ1n) is 7.54. The first kappa shape index (κ1) is 17.3. The molecule has 0 bridgehead atoms. The monoisotopic (exact) mass is 303 g/mol. The highest BCUT2D eigenvalue weighted by molar-refractivity contribution is 7.91. The summed E-state index contributed by atoms with van der Waals surface area (Å²) in [5.41, 5.74) is 0. The SMILES string of the molecule is CCS(=O)(=O)CCNC(=NC)N1CCC(CC(C)C)C1. The topological polar surface area (TPSA) is 61.8 Å². The number of guanidine groups is 1. The van der Waals surface area contributed by atoms with Crippen molar-refractivity contribution in [3.05, 3.63) is 0 Å². The molecule has 1 rings (SSSR count). The fraction of sp³-hybridized carbons (Fsp3) is 0.929. The van der Waals surface area contributed by atoms with Gasteiger partial charge in [-0.3, -0.25) is 4.99 Å². The average molecular weight is 303 g/mol. The average Bonchev–Trinajstić information content (AvgIpc) is 2.82. The lowest BCUT2D eigenvalue weighted by Crippen LogP contribution is -2.42. The lowest BCUT2D eigenvalue weighted by atomic mass is 9.97. The molecule has 0 saturated carbocycles. The minimum atomic E-state index is -2.91. The Bertz CT molecular complexity index is 418. The molecule has 6 heteroatoms. The highest BCUT2D eigenvalue weighted by Crippen LogP contribution is 2.23. The van der Waals surface area contributed by atoms with Crippen LogP contribution in [-0.4, -0.2) is 57.5 Å². The Morgan fingerprint density at radius 1 is 1.45 bits per heavy atom. The maximum atomic E-state index is 11.5. The Labute approximate surface area is 123 Å². The lowest BCUT2D eigenvalue weighted by molar-refractivity contribution is 0.404. The van der Waals surface area contributed by atoms with E-state index in [0.717, 1.165) is 30.9 Å². The third-order valence-electron chi connectivity index (χ3n) is 3.74. The van der Waals surface area contributed by atoms with E-state index >= 15 is 0 Å². The fourth-order valence-corrected chi connectivity index (χ4v) is 3.38. The zero-order chi connectivity index (χ0) is 15.2. The zero-order valence-electron chi connectivity index (χ0n) is 13.2. The summed E-state index contributed by atoms with van der Waals surface area (Å²) >= 11 is 0. The molecule has 118 valence electrons. The van der Waals surface area contributed by atoms with Gasteiger partial charge in [-0.2, -0.15) is 0 Å². The van der Waals surface area contributed by atoms with Crippen LogP contribution in [0.2, 0.25) is 0 Å². The Balaban J connectivity index is 2.41. The summed E-state index contributed by atoms with van der Waals surface area (Å²) in [6.45, 7) is 8.67. The van der Waals surface area contributed by atoms with Crippen LogP contribution in [0.5, 0.6) is 0 Å². The normalized spacial score (nSPS) is 20.8. The summed E-state index contributed by atoms with van der Waals surface area (Å²) in [4.78, 5) is 6.51. The molecule has 1 aliphatic rings. The van der Waals surface area contributed by atoms with Crippen LogP contribution in [0.4, 0.5) is 0 Å². The number of likely N-dealkylation sites (tertiary alicyclic amines) is 1. The van der Waals surface area contributed by atoms with Gasteiger partial charge in [-0.1, -0.05) is 20.8 Å². The van der Waals surface area contributed by atoms with Crippen molar-refractivity contribution < 1.29 is 8.42 Å². The van der Waals surface area contributed by atoms with Gasteiger partial charge in [-0.05, 0) is 24.7 Å². The molecule has 1 saturated heterocycles. The van der Waals surface area contributed by atoms with Gasteiger partial charge in [-0.25, -0.2) is 8.42 Å². The van der Waals surface area contributed by atoms with E-state index in [2.05, 4.69) is 29.1 Å². The summed E-state index contributed by atoms with van der Waals surface area (Å²) in [6.07, 6.45) is 2.45. The molecule has 1 aliphatic heterocycles. The molecule has 0 radical (unpaired) electrons. The molecule has 0 spiro atoms. The van der Waals surface area contributed by atoms with Gasteiger partial charge >= 0.3 is 0 Å². The van der Waals surface area contributed by atoms with E-state index in [-0.39, 0.29) is 11.5 Å². The minimum Gasteiger partial charge on any atom is -0.355 e. The molecule has 0 aromatic carbocycles. The molecule has 0 aliphatic carbocycles. The first-order chi connectivity index (χ1) is 9.38. The van der Waals surface area contributed by atoms with Gasteiger partial charge in [0.2, 0.25) is 0 Å². The standard InChI is InChI=1S/C14H29N3O2S/c1-5-20(18,19)9-7-16-14(15-4)17-8-6-13(11-17)10-12(2)3/h12-13H,5-11H2,1-4H3,(H,15,16). The fourth-order valence-electron chi connectivity index (χ4n) is 2.68. The number of hydrogen-bond donors (Lipinski definition) is 1. The van der Waals surface area contributed by atoms with Gasteiger partial charge < -0.3 is 10.2 Å². The molecule has 0 aromatic heterocycles. The van der Waals surface area contributed by atoms with Crippen molar-refractivity contribution in [3.63, 3.8) is 0 Å². The van der Waals surface area contributed by atoms with Crippen molar-refractivity contribution in [1.29, 1.82) is 0 Å². The van der Waals surface area contributed by atoms with Crippen molar-refractivity contribution in [2.45, 2.75) is 33.6 Å². The van der Waals surface area contributed by atoms with Crippen LogP contribution in [0.1, 0.15) is 33.6 Å². The van der Waals surface area contributed by atoms with Crippen molar-refractivity contribution in [2.24, 2.45) is 16.8 Å². The molecule has 0 amide bonds. The summed E-state index contributed by atoms with van der Waals surface area (Å²) in [5.74, 6) is 2.67. The quantitative estimate of drug-likeness (QED) is 0.594. The van der Waals surface area contributed by atoms with E-state index in [9.17, 15) is 8.42 Å². The number of nitrogens with zero attached hydrogens (tertiary/aromatic N) is 2. The molecule has 1 heterocycles. The number of nitrogens with one attached hydrogen (secondary N) is 1. The van der Waals surface area contributed by atoms with Crippen LogP contribution in [0.3, 0.4) is 0 Å². The molecule has 5 nitrogen and oxygen atoms in total. The van der Waals surface area contributed by atoms with Gasteiger partial charge in [0.1, 0.15) is 0 Å². The van der Waals surface area contributed by atoms with E-state index in [1.54, 1.807) is 14.0 Å². The molecule has 1 unspecified atom stereocenters. The van der Waals surface area contributed by atoms with E-state index < -0.39 is 9.84 Å². The van der Waals surface area contributed by atoms with Crippen molar-refractivity contribution in [2.75, 3.05) is 38.2 Å². The number of aliphatic imine (C=N–C) groups is 1. The van der Waals surface area contributed by atoms with Gasteiger partial charge in [0.15, 0.2) is 15.8 Å². The summed E-state index contributed by atoms with van der Waals surface area (Å²) in [6, 6.07) is 0. The minimum absolute atomic E-state index is 0.172. The van der Waals surface area contributed by atoms with Crippen LogP contribution in [0.15, 0.2) is 4.99 Å². The lowest BCUT2D eigenvalue weighted by Gasteiger charge is -2.22. The van der Waals surface area contributed by atoms with Gasteiger partial charge in [0.05, 0.1) is 5.75 Å². The predicted molar refractivity (Wildman–Crippen MR) is 84.8 cm³/mol. The summed E-state index contributed by atoms with van der Waals surface area (Å²) in [5, 5.41) is 3.17. The molecule has 1 fully saturated rings. The van der Waals surface area contributed by atoms with Crippen molar-refractivity contribution in [3.8, 4) is 0 Å². The zero-order valence-corrected chi connectivity index (χ0v) is 14.0. The molecular weight excluding hydrogens is 274 g/mol. The second kappa shape index (κ2) is 7.86. The molecule has 1 N–H and O–H groups in total. The second-order valence-corrected chi connectivity index (χ2v) is 8.41. The number of hydrogen-bond acceptors (Lipinski definition) is 3. The smallest absolute Gasteiger partial charge is 0.193 e. The third-order valence-corrected chi connectivity index (χ3v) is 5.44. The van der Waals surface area contributed by atoms with E-state index in [1.807, 2.05) is 0 Å². The van der Waals surface area contributed by atoms with Crippen molar-refractivity contribution >= 4 is 15.8 Å². The third kappa shape index (κ3) is 5.69. The highest BCUT2D eigenvalue weighted by atomic mass is 32.2. The van der Waals surface area contributed by atoms with E-state index in [1.165, 1.54) is 12.8 Å². The van der Waals surface area contributed by atoms with Crippen LogP contribution in [0, 0.1) is 11.8 Å². The molecule has 1 atom stereocenters. The van der Waals surface area contributed by atoms with Gasteiger partial charge in [-0.15, -0.1) is 0 Å². The van der Waals surface area contributed by atoms with Crippen LogP contribution < -0.4 is 5.32 Å². The number of rotatable bonds is 6. The Morgan fingerprint density at radius 3 is 2.70 bits per heavy atom.